The molecular formula is C23H32N4O3S. The van der Waals surface area contributed by atoms with Gasteiger partial charge in [0.1, 0.15) is 4.90 Å². The van der Waals surface area contributed by atoms with Crippen molar-refractivity contribution < 1.29 is 13.2 Å². The molecule has 8 heteroatoms. The van der Waals surface area contributed by atoms with E-state index in [0.717, 1.165) is 18.5 Å². The van der Waals surface area contributed by atoms with E-state index in [1.165, 1.54) is 5.56 Å². The first kappa shape index (κ1) is 21.9. The molecule has 168 valence electrons. The van der Waals surface area contributed by atoms with E-state index in [4.69, 9.17) is 0 Å². The van der Waals surface area contributed by atoms with Gasteiger partial charge in [0.25, 0.3) is 5.91 Å². The van der Waals surface area contributed by atoms with Crippen molar-refractivity contribution in [1.82, 2.24) is 14.2 Å². The summed E-state index contributed by atoms with van der Waals surface area (Å²) in [4.78, 5) is 20.5. The number of H-pyrrole nitrogens is 1. The van der Waals surface area contributed by atoms with Crippen LogP contribution in [0.15, 0.2) is 29.2 Å². The van der Waals surface area contributed by atoms with E-state index >= 15 is 0 Å². The van der Waals surface area contributed by atoms with Gasteiger partial charge in [-0.15, -0.1) is 0 Å². The fraction of sp³-hybridized carbons (Fsp3) is 0.522. The normalized spacial score (nSPS) is 20.5. The maximum atomic E-state index is 13.7. The number of nitrogens with zero attached hydrogens (tertiary/aromatic N) is 3. The second kappa shape index (κ2) is 8.31. The Morgan fingerprint density at radius 2 is 1.74 bits per heavy atom. The standard InChI is InChI=1S/C23H32N4O3S/c1-16-8-7-9-20(14-16)27-13-12-26(15-17(27)2)31(29,30)22-19(4)24-18(3)21(22)23(28)25-10-5-6-11-25/h7-9,14,17,24H,5-6,10-13,15H2,1-4H3/t17-/m1/s1. The van der Waals surface area contributed by atoms with Crippen LogP contribution in [0.5, 0.6) is 0 Å². The largest absolute Gasteiger partial charge is 0.366 e. The number of aromatic nitrogens is 1. The maximum Gasteiger partial charge on any atom is 0.257 e. The summed E-state index contributed by atoms with van der Waals surface area (Å²) in [6.07, 6.45) is 1.93. The highest BCUT2D eigenvalue weighted by atomic mass is 32.2. The Balaban J connectivity index is 1.62. The highest BCUT2D eigenvalue weighted by molar-refractivity contribution is 7.89. The van der Waals surface area contributed by atoms with Gasteiger partial charge in [0.05, 0.1) is 5.56 Å². The molecule has 1 amide bonds. The molecule has 1 aromatic carbocycles. The number of piperazine rings is 1. The van der Waals surface area contributed by atoms with Crippen LogP contribution in [0, 0.1) is 20.8 Å². The number of nitrogens with one attached hydrogen (secondary N) is 1. The van der Waals surface area contributed by atoms with E-state index in [-0.39, 0.29) is 16.8 Å². The average Bonchev–Trinajstić information content (AvgIpc) is 3.35. The predicted molar refractivity (Wildman–Crippen MR) is 122 cm³/mol. The first-order chi connectivity index (χ1) is 14.7. The topological polar surface area (TPSA) is 76.7 Å². The molecule has 0 unspecified atom stereocenters. The van der Waals surface area contributed by atoms with Crippen LogP contribution < -0.4 is 4.90 Å². The number of benzene rings is 1. The predicted octanol–water partition coefficient (Wildman–Crippen LogP) is 3.08. The molecule has 31 heavy (non-hydrogen) atoms. The van der Waals surface area contributed by atoms with E-state index in [0.29, 0.717) is 49.7 Å². The second-order valence-electron chi connectivity index (χ2n) is 8.82. The van der Waals surface area contributed by atoms with Gasteiger partial charge in [-0.2, -0.15) is 4.31 Å². The summed E-state index contributed by atoms with van der Waals surface area (Å²) in [6.45, 7) is 10.4. The molecule has 0 spiro atoms. The number of aryl methyl sites for hydroxylation is 3. The molecule has 2 aromatic rings. The molecule has 2 aliphatic rings. The SMILES string of the molecule is Cc1cccc(N2CCN(S(=O)(=O)c3c(C)[nH]c(C)c3C(=O)N3CCCC3)C[C@H]2C)c1. The van der Waals surface area contributed by atoms with Crippen LogP contribution in [0.25, 0.3) is 0 Å². The van der Waals surface area contributed by atoms with Crippen LogP contribution in [0.3, 0.4) is 0 Å². The molecule has 1 N–H and O–H groups in total. The number of aromatic amines is 1. The van der Waals surface area contributed by atoms with Crippen LogP contribution in [0.1, 0.15) is 47.1 Å². The van der Waals surface area contributed by atoms with E-state index in [1.54, 1.807) is 23.1 Å². The molecule has 2 saturated heterocycles. The zero-order valence-corrected chi connectivity index (χ0v) is 19.6. The molecule has 1 atom stereocenters. The lowest BCUT2D eigenvalue weighted by Gasteiger charge is -2.40. The summed E-state index contributed by atoms with van der Waals surface area (Å²) in [7, 11) is -3.80. The van der Waals surface area contributed by atoms with Gasteiger partial charge >= 0.3 is 0 Å². The van der Waals surface area contributed by atoms with Crippen molar-refractivity contribution >= 4 is 21.6 Å². The number of rotatable bonds is 4. The number of anilines is 1. The third kappa shape index (κ3) is 3.99. The Morgan fingerprint density at radius 1 is 1.03 bits per heavy atom. The lowest BCUT2D eigenvalue weighted by atomic mass is 10.1. The van der Waals surface area contributed by atoms with Gasteiger partial charge in [0, 0.05) is 55.8 Å². The van der Waals surface area contributed by atoms with Crippen molar-refractivity contribution in [2.75, 3.05) is 37.6 Å². The molecule has 0 aliphatic carbocycles. The van der Waals surface area contributed by atoms with Crippen molar-refractivity contribution in [2.45, 2.75) is 51.5 Å². The molecule has 4 rings (SSSR count). The molecule has 3 heterocycles. The smallest absolute Gasteiger partial charge is 0.257 e. The number of amides is 1. The first-order valence-electron chi connectivity index (χ1n) is 11.0. The van der Waals surface area contributed by atoms with Gasteiger partial charge in [-0.1, -0.05) is 12.1 Å². The summed E-state index contributed by atoms with van der Waals surface area (Å²) in [5.41, 5.74) is 3.77. The highest BCUT2D eigenvalue weighted by Crippen LogP contribution is 2.31. The molecule has 7 nitrogen and oxygen atoms in total. The minimum absolute atomic E-state index is 0.0309. The van der Waals surface area contributed by atoms with Gasteiger partial charge in [-0.05, 0) is 58.2 Å². The Kier molecular flexibility index (Phi) is 5.87. The molecule has 2 aliphatic heterocycles. The first-order valence-corrected chi connectivity index (χ1v) is 12.5. The number of hydrogen-bond acceptors (Lipinski definition) is 4. The summed E-state index contributed by atoms with van der Waals surface area (Å²) < 4.78 is 29.0. The van der Waals surface area contributed by atoms with Crippen LogP contribution in [0.4, 0.5) is 5.69 Å². The van der Waals surface area contributed by atoms with Crippen LogP contribution >= 0.6 is 0 Å². The molecule has 1 aromatic heterocycles. The van der Waals surface area contributed by atoms with Gasteiger partial charge in [0.15, 0.2) is 0 Å². The van der Waals surface area contributed by atoms with Crippen LogP contribution in [0.2, 0.25) is 0 Å². The quantitative estimate of drug-likeness (QED) is 0.786. The van der Waals surface area contributed by atoms with Crippen molar-refractivity contribution in [1.29, 1.82) is 0 Å². The number of likely N-dealkylation sites (tertiary alicyclic amines) is 1. The lowest BCUT2D eigenvalue weighted by Crippen LogP contribution is -2.53. The zero-order valence-electron chi connectivity index (χ0n) is 18.8. The van der Waals surface area contributed by atoms with Gasteiger partial charge in [0.2, 0.25) is 10.0 Å². The summed E-state index contributed by atoms with van der Waals surface area (Å²) >= 11 is 0. The molecule has 0 radical (unpaired) electrons. The monoisotopic (exact) mass is 444 g/mol. The maximum absolute atomic E-state index is 13.7. The fourth-order valence-corrected chi connectivity index (χ4v) is 6.81. The van der Waals surface area contributed by atoms with Crippen molar-refractivity contribution in [2.24, 2.45) is 0 Å². The number of carbonyl (C=O) groups excluding carboxylic acids is 1. The average molecular weight is 445 g/mol. The lowest BCUT2D eigenvalue weighted by molar-refractivity contribution is 0.0788. The van der Waals surface area contributed by atoms with Crippen molar-refractivity contribution in [3.05, 3.63) is 46.8 Å². The van der Waals surface area contributed by atoms with E-state index in [1.807, 2.05) is 6.07 Å². The molecule has 2 fully saturated rings. The Morgan fingerprint density at radius 3 is 2.39 bits per heavy atom. The Hall–Kier alpha value is -2.32. The third-order valence-corrected chi connectivity index (χ3v) is 8.48. The third-order valence-electron chi connectivity index (χ3n) is 6.45. The van der Waals surface area contributed by atoms with Crippen LogP contribution in [-0.4, -0.2) is 67.3 Å². The van der Waals surface area contributed by atoms with E-state index < -0.39 is 10.0 Å². The summed E-state index contributed by atoms with van der Waals surface area (Å²) in [5.74, 6) is -0.177. The molecule has 0 saturated carbocycles. The fourth-order valence-electron chi connectivity index (χ4n) is 4.88. The Bertz CT molecular complexity index is 1090. The van der Waals surface area contributed by atoms with Gasteiger partial charge < -0.3 is 14.8 Å². The van der Waals surface area contributed by atoms with Crippen molar-refractivity contribution in [3.8, 4) is 0 Å². The van der Waals surface area contributed by atoms with Crippen LogP contribution in [-0.2, 0) is 10.0 Å². The second-order valence-corrected chi connectivity index (χ2v) is 10.7. The minimum atomic E-state index is -3.80. The molecule has 0 bridgehead atoms. The Labute approximate surface area is 185 Å². The zero-order chi connectivity index (χ0) is 22.3. The summed E-state index contributed by atoms with van der Waals surface area (Å²) in [5, 5.41) is 0. The van der Waals surface area contributed by atoms with E-state index in [9.17, 15) is 13.2 Å². The van der Waals surface area contributed by atoms with Gasteiger partial charge in [-0.25, -0.2) is 8.42 Å². The number of carbonyl (C=O) groups is 1. The van der Waals surface area contributed by atoms with E-state index in [2.05, 4.69) is 41.9 Å². The number of sulfonamides is 1. The number of hydrogen-bond donors (Lipinski definition) is 1. The summed E-state index contributed by atoms with van der Waals surface area (Å²) in [6, 6.07) is 8.32. The molecular weight excluding hydrogens is 412 g/mol. The highest BCUT2D eigenvalue weighted by Gasteiger charge is 2.38. The minimum Gasteiger partial charge on any atom is -0.366 e. The van der Waals surface area contributed by atoms with Gasteiger partial charge in [-0.3, -0.25) is 4.79 Å². The van der Waals surface area contributed by atoms with Crippen molar-refractivity contribution in [3.63, 3.8) is 0 Å².